The van der Waals surface area contributed by atoms with Crippen LogP contribution in [-0.4, -0.2) is 21.3 Å². The van der Waals surface area contributed by atoms with Crippen molar-refractivity contribution in [2.75, 3.05) is 21.3 Å². The molecule has 1 aromatic carbocycles. The van der Waals surface area contributed by atoms with E-state index in [1.54, 1.807) is 12.1 Å². The monoisotopic (exact) mass is 344 g/mol. The molecule has 1 aliphatic rings. The number of thioether (sulfide) groups is 1. The first-order chi connectivity index (χ1) is 11.5. The van der Waals surface area contributed by atoms with Crippen LogP contribution in [0.4, 0.5) is 0 Å². The Morgan fingerprint density at radius 1 is 0.917 bits per heavy atom. The molecule has 0 atom stereocenters. The van der Waals surface area contributed by atoms with Gasteiger partial charge in [-0.15, -0.1) is 0 Å². The summed E-state index contributed by atoms with van der Waals surface area (Å²) in [7, 11) is 4.48. The number of nitrogens with zero attached hydrogens (tertiary/aromatic N) is 2. The second-order valence-corrected chi connectivity index (χ2v) is 5.84. The van der Waals surface area contributed by atoms with Crippen molar-refractivity contribution in [1.29, 1.82) is 10.5 Å². The van der Waals surface area contributed by atoms with Gasteiger partial charge in [-0.05, 0) is 0 Å². The second-order valence-electron chi connectivity index (χ2n) is 4.76. The van der Waals surface area contributed by atoms with E-state index in [1.807, 2.05) is 0 Å². The van der Waals surface area contributed by atoms with Crippen LogP contribution >= 0.6 is 11.8 Å². The van der Waals surface area contributed by atoms with E-state index in [0.717, 1.165) is 11.8 Å². The Hall–Kier alpha value is -2.97. The number of nitrogens with two attached hydrogens (primary N) is 2. The van der Waals surface area contributed by atoms with Gasteiger partial charge in [-0.3, -0.25) is 0 Å². The number of methoxy groups -OCH3 is 3. The first kappa shape index (κ1) is 17.4. The van der Waals surface area contributed by atoms with Crippen LogP contribution < -0.4 is 25.7 Å². The fourth-order valence-corrected chi connectivity index (χ4v) is 3.29. The smallest absolute Gasteiger partial charge is 0.130 e. The minimum atomic E-state index is -0.767. The molecule has 124 valence electrons. The molecule has 0 bridgehead atoms. The zero-order valence-electron chi connectivity index (χ0n) is 13.4. The topological polar surface area (TPSA) is 127 Å². The molecule has 0 aliphatic carbocycles. The summed E-state index contributed by atoms with van der Waals surface area (Å²) in [5, 5.41) is 19.6. The molecule has 0 spiro atoms. The maximum Gasteiger partial charge on any atom is 0.130 e. The van der Waals surface area contributed by atoms with Gasteiger partial charge in [-0.2, -0.15) is 10.5 Å². The van der Waals surface area contributed by atoms with Crippen molar-refractivity contribution in [2.24, 2.45) is 11.5 Å². The van der Waals surface area contributed by atoms with Crippen molar-refractivity contribution < 1.29 is 14.2 Å². The highest BCUT2D eigenvalue weighted by Crippen LogP contribution is 2.49. The first-order valence-electron chi connectivity index (χ1n) is 6.79. The van der Waals surface area contributed by atoms with E-state index in [0.29, 0.717) is 22.8 Å². The summed E-state index contributed by atoms with van der Waals surface area (Å²) in [4.78, 5) is 0. The highest BCUT2D eigenvalue weighted by molar-refractivity contribution is 8.06. The van der Waals surface area contributed by atoms with Crippen molar-refractivity contribution in [3.8, 4) is 29.4 Å². The molecule has 0 amide bonds. The Labute approximate surface area is 144 Å². The van der Waals surface area contributed by atoms with Crippen molar-refractivity contribution in [1.82, 2.24) is 0 Å². The molecule has 24 heavy (non-hydrogen) atoms. The number of nitriles is 2. The quantitative estimate of drug-likeness (QED) is 0.848. The second kappa shape index (κ2) is 7.07. The van der Waals surface area contributed by atoms with Crippen LogP contribution in [0.5, 0.6) is 17.2 Å². The van der Waals surface area contributed by atoms with E-state index in [1.165, 1.54) is 21.3 Å². The highest BCUT2D eigenvalue weighted by Gasteiger charge is 2.35. The maximum atomic E-state index is 9.54. The summed E-state index contributed by atoms with van der Waals surface area (Å²) in [6.45, 7) is 0. The van der Waals surface area contributed by atoms with Crippen molar-refractivity contribution in [3.63, 3.8) is 0 Å². The molecule has 1 aliphatic heterocycles. The zero-order valence-corrected chi connectivity index (χ0v) is 14.2. The van der Waals surface area contributed by atoms with Gasteiger partial charge < -0.3 is 25.7 Å². The van der Waals surface area contributed by atoms with Crippen LogP contribution in [0.15, 0.2) is 33.3 Å². The third-order valence-corrected chi connectivity index (χ3v) is 4.49. The van der Waals surface area contributed by atoms with E-state index in [9.17, 15) is 10.5 Å². The number of allylic oxidation sites excluding steroid dienone is 2. The number of hydrogen-bond acceptors (Lipinski definition) is 8. The molecule has 0 saturated carbocycles. The third kappa shape index (κ3) is 2.80. The Bertz CT molecular complexity index is 757. The van der Waals surface area contributed by atoms with E-state index >= 15 is 0 Å². The Kier molecular flexibility index (Phi) is 5.12. The fourth-order valence-electron chi connectivity index (χ4n) is 2.50. The minimum Gasteiger partial charge on any atom is -0.496 e. The Morgan fingerprint density at radius 3 is 1.71 bits per heavy atom. The summed E-state index contributed by atoms with van der Waals surface area (Å²) in [5.41, 5.74) is 12.9. The first-order valence-corrected chi connectivity index (χ1v) is 7.61. The lowest BCUT2D eigenvalue weighted by Gasteiger charge is -2.26. The highest BCUT2D eigenvalue weighted by atomic mass is 32.2. The van der Waals surface area contributed by atoms with Crippen LogP contribution in [-0.2, 0) is 0 Å². The molecule has 4 N–H and O–H groups in total. The van der Waals surface area contributed by atoms with E-state index in [4.69, 9.17) is 25.7 Å². The third-order valence-electron chi connectivity index (χ3n) is 3.61. The van der Waals surface area contributed by atoms with Crippen LogP contribution in [0.3, 0.4) is 0 Å². The van der Waals surface area contributed by atoms with E-state index in [2.05, 4.69) is 12.1 Å². The predicted octanol–water partition coefficient (Wildman–Crippen LogP) is 1.93. The standard InChI is InChI=1S/C16H16N4O3S/c1-21-8-4-11(22-2)14(12(5-8)23-3)13-9(6-17)15(19)24-16(20)10(13)7-18/h4-5,13H,19-20H2,1-3H3. The molecule has 0 fully saturated rings. The summed E-state index contributed by atoms with van der Waals surface area (Å²) < 4.78 is 16.1. The van der Waals surface area contributed by atoms with Gasteiger partial charge >= 0.3 is 0 Å². The molecular formula is C16H16N4O3S. The number of benzene rings is 1. The van der Waals surface area contributed by atoms with Crippen LogP contribution in [0.25, 0.3) is 0 Å². The van der Waals surface area contributed by atoms with Gasteiger partial charge in [0.05, 0.1) is 60.6 Å². The maximum absolute atomic E-state index is 9.54. The summed E-state index contributed by atoms with van der Waals surface area (Å²) in [6.07, 6.45) is 0. The summed E-state index contributed by atoms with van der Waals surface area (Å²) in [5.74, 6) is 0.564. The average molecular weight is 344 g/mol. The number of ether oxygens (including phenoxy) is 3. The molecular weight excluding hydrogens is 328 g/mol. The molecule has 0 unspecified atom stereocenters. The Morgan fingerprint density at radius 2 is 1.38 bits per heavy atom. The van der Waals surface area contributed by atoms with Gasteiger partial charge in [-0.1, -0.05) is 11.8 Å². The molecule has 0 aromatic heterocycles. The number of rotatable bonds is 4. The van der Waals surface area contributed by atoms with Crippen LogP contribution in [0.1, 0.15) is 11.5 Å². The SMILES string of the molecule is COc1cc(OC)c(C2C(C#N)=C(N)SC(N)=C2C#N)c(OC)c1. The largest absolute Gasteiger partial charge is 0.496 e. The van der Waals surface area contributed by atoms with Gasteiger partial charge in [0.1, 0.15) is 17.2 Å². The molecule has 7 nitrogen and oxygen atoms in total. The van der Waals surface area contributed by atoms with Gasteiger partial charge in [-0.25, -0.2) is 0 Å². The van der Waals surface area contributed by atoms with E-state index in [-0.39, 0.29) is 21.2 Å². The lowest BCUT2D eigenvalue weighted by atomic mass is 9.84. The lowest BCUT2D eigenvalue weighted by Crippen LogP contribution is -2.19. The molecule has 8 heteroatoms. The van der Waals surface area contributed by atoms with Crippen LogP contribution in [0, 0.1) is 22.7 Å². The van der Waals surface area contributed by atoms with Gasteiger partial charge in [0.15, 0.2) is 0 Å². The Balaban J connectivity index is 2.83. The predicted molar refractivity (Wildman–Crippen MR) is 90.1 cm³/mol. The summed E-state index contributed by atoms with van der Waals surface area (Å²) in [6, 6.07) is 7.44. The molecule has 0 saturated heterocycles. The lowest BCUT2D eigenvalue weighted by molar-refractivity contribution is 0.368. The average Bonchev–Trinajstić information content (AvgIpc) is 2.59. The van der Waals surface area contributed by atoms with Gasteiger partial charge in [0.2, 0.25) is 0 Å². The fraction of sp³-hybridized carbons (Fsp3) is 0.250. The van der Waals surface area contributed by atoms with Crippen molar-refractivity contribution >= 4 is 11.8 Å². The van der Waals surface area contributed by atoms with Crippen molar-refractivity contribution in [2.45, 2.75) is 5.92 Å². The molecule has 0 radical (unpaired) electrons. The van der Waals surface area contributed by atoms with Gasteiger partial charge in [0, 0.05) is 17.7 Å². The summed E-state index contributed by atoms with van der Waals surface area (Å²) >= 11 is 1.00. The molecule has 1 aromatic rings. The van der Waals surface area contributed by atoms with E-state index < -0.39 is 5.92 Å². The number of hydrogen-bond donors (Lipinski definition) is 2. The molecule has 2 rings (SSSR count). The normalized spacial score (nSPS) is 14.9. The minimum absolute atomic E-state index is 0.229. The van der Waals surface area contributed by atoms with Crippen molar-refractivity contribution in [3.05, 3.63) is 38.9 Å². The molecule has 1 heterocycles. The van der Waals surface area contributed by atoms with Crippen LogP contribution in [0.2, 0.25) is 0 Å². The van der Waals surface area contributed by atoms with Gasteiger partial charge in [0.25, 0.3) is 0 Å². The zero-order chi connectivity index (χ0) is 17.9.